The van der Waals surface area contributed by atoms with Gasteiger partial charge in [-0.25, -0.2) is 13.2 Å². The number of likely N-dealkylation sites (N-methyl/N-ethyl adjacent to an activating group) is 1. The first kappa shape index (κ1) is 28.8. The van der Waals surface area contributed by atoms with Crippen molar-refractivity contribution in [2.75, 3.05) is 54.5 Å². The van der Waals surface area contributed by atoms with Crippen LogP contribution in [0.1, 0.15) is 35.3 Å². The molecule has 0 saturated carbocycles. The zero-order valence-electron chi connectivity index (χ0n) is 23.1. The molecule has 1 aliphatic heterocycles. The quantitative estimate of drug-likeness (QED) is 0.261. The van der Waals surface area contributed by atoms with Gasteiger partial charge in [0.2, 0.25) is 10.0 Å². The van der Waals surface area contributed by atoms with Gasteiger partial charge in [0.05, 0.1) is 41.6 Å². The van der Waals surface area contributed by atoms with E-state index in [1.807, 2.05) is 30.3 Å². The predicted molar refractivity (Wildman–Crippen MR) is 160 cm³/mol. The summed E-state index contributed by atoms with van der Waals surface area (Å²) < 4.78 is 31.4. The molecule has 210 valence electrons. The van der Waals surface area contributed by atoms with E-state index in [-0.39, 0.29) is 5.91 Å². The Morgan fingerprint density at radius 3 is 2.20 bits per heavy atom. The highest BCUT2D eigenvalue weighted by atomic mass is 32.2. The lowest BCUT2D eigenvalue weighted by Gasteiger charge is -2.26. The number of fused-ring (bicyclic) bond motifs is 1. The van der Waals surface area contributed by atoms with Crippen LogP contribution in [0.3, 0.4) is 0 Å². The van der Waals surface area contributed by atoms with Crippen LogP contribution in [0.15, 0.2) is 72.8 Å². The van der Waals surface area contributed by atoms with Crippen molar-refractivity contribution in [2.45, 2.75) is 13.8 Å². The van der Waals surface area contributed by atoms with Crippen molar-refractivity contribution in [1.82, 2.24) is 4.90 Å². The summed E-state index contributed by atoms with van der Waals surface area (Å²) in [6.07, 6.45) is 1.21. The van der Waals surface area contributed by atoms with E-state index in [0.717, 1.165) is 18.7 Å². The van der Waals surface area contributed by atoms with E-state index < -0.39 is 16.0 Å². The Labute approximate surface area is 235 Å². The molecule has 0 radical (unpaired) electrons. The second-order valence-corrected chi connectivity index (χ2v) is 11.3. The molecule has 0 aromatic heterocycles. The Morgan fingerprint density at radius 1 is 0.925 bits per heavy atom. The van der Waals surface area contributed by atoms with Crippen LogP contribution in [0.25, 0.3) is 11.3 Å². The fourth-order valence-corrected chi connectivity index (χ4v) is 5.58. The van der Waals surface area contributed by atoms with Gasteiger partial charge in [-0.1, -0.05) is 50.2 Å². The van der Waals surface area contributed by atoms with Crippen LogP contribution in [0, 0.1) is 0 Å². The molecule has 9 nitrogen and oxygen atoms in total. The van der Waals surface area contributed by atoms with Crippen LogP contribution in [0.4, 0.5) is 17.1 Å². The maximum Gasteiger partial charge on any atom is 0.337 e. The first-order chi connectivity index (χ1) is 19.2. The fraction of sp³-hybridized carbons (Fsp3) is 0.267. The third kappa shape index (κ3) is 6.35. The predicted octanol–water partition coefficient (Wildman–Crippen LogP) is 4.51. The lowest BCUT2D eigenvalue weighted by Crippen LogP contribution is -2.38. The van der Waals surface area contributed by atoms with Crippen molar-refractivity contribution in [3.8, 4) is 0 Å². The highest BCUT2D eigenvalue weighted by Gasteiger charge is 2.29. The van der Waals surface area contributed by atoms with E-state index in [2.05, 4.69) is 29.4 Å². The molecule has 0 fully saturated rings. The largest absolute Gasteiger partial charge is 0.465 e. The Bertz CT molecular complexity index is 1520. The van der Waals surface area contributed by atoms with Gasteiger partial charge in [0.25, 0.3) is 5.91 Å². The van der Waals surface area contributed by atoms with E-state index in [0.29, 0.717) is 52.5 Å². The zero-order chi connectivity index (χ0) is 28.9. The second kappa shape index (κ2) is 12.4. The van der Waals surface area contributed by atoms with Crippen LogP contribution in [-0.2, 0) is 19.6 Å². The molecule has 0 bridgehead atoms. The standard InChI is InChI=1S/C30H34N4O5S/c1-5-33(6-2)18-19-34(40(4,37)38)24-15-13-23(14-16-24)31-28(21-10-8-7-9-11-21)27-25-17-12-22(30(36)39-3)20-26(25)32-29(27)35/h7-17,20,31H,5-6,18-19H2,1-4H3,(H,32,35). The van der Waals surface area contributed by atoms with E-state index in [4.69, 9.17) is 4.74 Å². The maximum absolute atomic E-state index is 13.2. The number of amides is 1. The summed E-state index contributed by atoms with van der Waals surface area (Å²) in [6.45, 7) is 6.75. The minimum absolute atomic E-state index is 0.306. The molecule has 0 saturated heterocycles. The number of benzene rings is 3. The summed E-state index contributed by atoms with van der Waals surface area (Å²) in [5.74, 6) is -0.796. The third-order valence-corrected chi connectivity index (χ3v) is 8.03. The monoisotopic (exact) mass is 562 g/mol. The number of hydrogen-bond acceptors (Lipinski definition) is 7. The van der Waals surface area contributed by atoms with Crippen LogP contribution >= 0.6 is 0 Å². The number of nitrogens with zero attached hydrogens (tertiary/aromatic N) is 2. The summed E-state index contributed by atoms with van der Waals surface area (Å²) in [5, 5.41) is 6.24. The molecule has 3 aromatic carbocycles. The van der Waals surface area contributed by atoms with Crippen molar-refractivity contribution in [3.63, 3.8) is 0 Å². The normalized spacial score (nSPS) is 14.0. The molecule has 0 atom stereocenters. The van der Waals surface area contributed by atoms with E-state index in [1.54, 1.807) is 42.5 Å². The average Bonchev–Trinajstić information content (AvgIpc) is 3.28. The number of methoxy groups -OCH3 is 1. The van der Waals surface area contributed by atoms with Crippen molar-refractivity contribution in [2.24, 2.45) is 0 Å². The number of ether oxygens (including phenoxy) is 1. The summed E-state index contributed by atoms with van der Waals surface area (Å²) >= 11 is 0. The van der Waals surface area contributed by atoms with E-state index >= 15 is 0 Å². The van der Waals surface area contributed by atoms with Crippen molar-refractivity contribution in [1.29, 1.82) is 0 Å². The number of carbonyl (C=O) groups is 2. The number of carbonyl (C=O) groups excluding carboxylic acids is 2. The summed E-state index contributed by atoms with van der Waals surface area (Å²) in [5.41, 5.74) is 4.55. The van der Waals surface area contributed by atoms with Gasteiger partial charge in [-0.05, 0) is 55.1 Å². The van der Waals surface area contributed by atoms with Gasteiger partial charge < -0.3 is 20.3 Å². The number of hydrogen-bond donors (Lipinski definition) is 2. The molecule has 1 amide bonds. The Hall–Kier alpha value is -4.15. The maximum atomic E-state index is 13.2. The first-order valence-electron chi connectivity index (χ1n) is 13.1. The molecular weight excluding hydrogens is 528 g/mol. The van der Waals surface area contributed by atoms with Gasteiger partial charge >= 0.3 is 5.97 Å². The van der Waals surface area contributed by atoms with Gasteiger partial charge in [-0.2, -0.15) is 0 Å². The molecule has 0 unspecified atom stereocenters. The van der Waals surface area contributed by atoms with Crippen LogP contribution < -0.4 is 14.9 Å². The smallest absolute Gasteiger partial charge is 0.337 e. The molecule has 10 heteroatoms. The molecule has 0 aliphatic carbocycles. The van der Waals surface area contributed by atoms with Gasteiger partial charge in [-0.15, -0.1) is 0 Å². The lowest BCUT2D eigenvalue weighted by atomic mass is 9.99. The second-order valence-electron chi connectivity index (χ2n) is 9.36. The van der Waals surface area contributed by atoms with E-state index in [1.165, 1.54) is 17.7 Å². The van der Waals surface area contributed by atoms with E-state index in [9.17, 15) is 18.0 Å². The summed E-state index contributed by atoms with van der Waals surface area (Å²) in [7, 11) is -2.18. The topological polar surface area (TPSA) is 108 Å². The number of rotatable bonds is 11. The molecular formula is C30H34N4O5S. The fourth-order valence-electron chi connectivity index (χ4n) is 4.66. The summed E-state index contributed by atoms with van der Waals surface area (Å²) in [4.78, 5) is 27.4. The van der Waals surface area contributed by atoms with Gasteiger partial charge in [0, 0.05) is 24.3 Å². The van der Waals surface area contributed by atoms with Gasteiger partial charge in [-0.3, -0.25) is 9.10 Å². The van der Waals surface area contributed by atoms with Crippen LogP contribution in [0.5, 0.6) is 0 Å². The SMILES string of the molecule is CCN(CC)CCN(c1ccc(NC(=C2C(=O)Nc3cc(C(=O)OC)ccc32)c2ccccc2)cc1)S(C)(=O)=O. The highest BCUT2D eigenvalue weighted by molar-refractivity contribution is 7.92. The Kier molecular flexibility index (Phi) is 8.91. The van der Waals surface area contributed by atoms with Gasteiger partial charge in [0.15, 0.2) is 0 Å². The first-order valence-corrected chi connectivity index (χ1v) is 14.9. The highest BCUT2D eigenvalue weighted by Crippen LogP contribution is 2.38. The number of esters is 1. The minimum atomic E-state index is -3.48. The third-order valence-electron chi connectivity index (χ3n) is 6.84. The van der Waals surface area contributed by atoms with Crippen molar-refractivity contribution in [3.05, 3.63) is 89.5 Å². The van der Waals surface area contributed by atoms with Crippen LogP contribution in [0.2, 0.25) is 0 Å². The average molecular weight is 563 g/mol. The van der Waals surface area contributed by atoms with Crippen LogP contribution in [-0.4, -0.2) is 64.7 Å². The molecule has 1 aliphatic rings. The molecule has 1 heterocycles. The van der Waals surface area contributed by atoms with Gasteiger partial charge in [0.1, 0.15) is 0 Å². The lowest BCUT2D eigenvalue weighted by molar-refractivity contribution is -0.110. The Morgan fingerprint density at radius 2 is 1.60 bits per heavy atom. The number of sulfonamides is 1. The van der Waals surface area contributed by atoms with Crippen molar-refractivity contribution < 1.29 is 22.7 Å². The zero-order valence-corrected chi connectivity index (χ0v) is 23.9. The summed E-state index contributed by atoms with van der Waals surface area (Å²) in [6, 6.07) is 21.5. The Balaban J connectivity index is 1.70. The molecule has 0 spiro atoms. The van der Waals surface area contributed by atoms with Crippen molar-refractivity contribution >= 4 is 50.2 Å². The molecule has 40 heavy (non-hydrogen) atoms. The molecule has 4 rings (SSSR count). The molecule has 3 aromatic rings. The minimum Gasteiger partial charge on any atom is -0.465 e. The molecule has 2 N–H and O–H groups in total. The number of nitrogens with one attached hydrogen (secondary N) is 2. The number of anilines is 3.